The highest BCUT2D eigenvalue weighted by Gasteiger charge is 2.18. The molecule has 0 fully saturated rings. The lowest BCUT2D eigenvalue weighted by atomic mass is 10.2. The van der Waals surface area contributed by atoms with E-state index < -0.39 is 5.97 Å². The van der Waals surface area contributed by atoms with Gasteiger partial charge in [-0.1, -0.05) is 0 Å². The molecule has 17 heavy (non-hydrogen) atoms. The average Bonchev–Trinajstić information content (AvgIpc) is 2.66. The second-order valence-corrected chi connectivity index (χ2v) is 4.51. The Balaban J connectivity index is 2.68. The van der Waals surface area contributed by atoms with Crippen LogP contribution in [0.2, 0.25) is 0 Å². The molecule has 0 amide bonds. The molecule has 0 atom stereocenters. The summed E-state index contributed by atoms with van der Waals surface area (Å²) in [7, 11) is 0. The van der Waals surface area contributed by atoms with Gasteiger partial charge in [0.15, 0.2) is 5.65 Å². The minimum atomic E-state index is -0.432. The molecule has 0 unspecified atom stereocenters. The number of esters is 1. The van der Waals surface area contributed by atoms with Crippen molar-refractivity contribution in [3.8, 4) is 0 Å². The molecule has 0 bridgehead atoms. The summed E-state index contributed by atoms with van der Waals surface area (Å²) in [6.45, 7) is 3.87. The number of carbonyl (C=O) groups is 1. The number of fused-ring (bicyclic) bond motifs is 1. The van der Waals surface area contributed by atoms with Gasteiger partial charge < -0.3 is 10.5 Å². The van der Waals surface area contributed by atoms with Crippen molar-refractivity contribution >= 4 is 39.9 Å². The summed E-state index contributed by atoms with van der Waals surface area (Å²) in [6, 6.07) is 0. The van der Waals surface area contributed by atoms with E-state index in [-0.39, 0.29) is 0 Å². The van der Waals surface area contributed by atoms with Gasteiger partial charge in [-0.2, -0.15) is 0 Å². The maximum Gasteiger partial charge on any atom is 0.341 e. The highest BCUT2D eigenvalue weighted by atomic mass is 127. The summed E-state index contributed by atoms with van der Waals surface area (Å²) in [4.78, 5) is 11.7. The second kappa shape index (κ2) is 4.47. The molecule has 0 radical (unpaired) electrons. The molecule has 0 saturated carbocycles. The number of aryl methyl sites for hydroxylation is 1. The van der Waals surface area contributed by atoms with Crippen LogP contribution in [0.5, 0.6) is 0 Å². The number of hydrogen-bond acceptors (Lipinski definition) is 5. The molecule has 0 aliphatic heterocycles. The van der Waals surface area contributed by atoms with E-state index in [1.54, 1.807) is 24.4 Å². The predicted molar refractivity (Wildman–Crippen MR) is 70.8 cm³/mol. The van der Waals surface area contributed by atoms with Gasteiger partial charge in [0.1, 0.15) is 11.4 Å². The molecule has 7 heteroatoms. The van der Waals surface area contributed by atoms with E-state index in [2.05, 4.69) is 10.2 Å². The quantitative estimate of drug-likeness (QED) is 0.657. The Labute approximate surface area is 111 Å². The van der Waals surface area contributed by atoms with Crippen molar-refractivity contribution in [2.24, 2.45) is 0 Å². The van der Waals surface area contributed by atoms with Crippen LogP contribution in [0.25, 0.3) is 5.65 Å². The SMILES string of the molecule is CCOC(=O)c1cn2c(C)nnc2c(I)c1N. The maximum atomic E-state index is 11.7. The summed E-state index contributed by atoms with van der Waals surface area (Å²) < 4.78 is 7.38. The molecule has 6 nitrogen and oxygen atoms in total. The van der Waals surface area contributed by atoms with Crippen molar-refractivity contribution in [1.29, 1.82) is 0 Å². The Morgan fingerprint density at radius 1 is 1.59 bits per heavy atom. The van der Waals surface area contributed by atoms with Gasteiger partial charge in [-0.15, -0.1) is 10.2 Å². The van der Waals surface area contributed by atoms with E-state index in [4.69, 9.17) is 10.5 Å². The van der Waals surface area contributed by atoms with Crippen molar-refractivity contribution in [3.05, 3.63) is 21.2 Å². The van der Waals surface area contributed by atoms with Crippen LogP contribution < -0.4 is 5.73 Å². The van der Waals surface area contributed by atoms with Crippen molar-refractivity contribution < 1.29 is 9.53 Å². The van der Waals surface area contributed by atoms with Crippen LogP contribution in [0.4, 0.5) is 5.69 Å². The standard InChI is InChI=1S/C10H11IN4O2/c1-3-17-10(16)6-4-15-5(2)13-14-9(15)7(11)8(6)12/h4H,3,12H2,1-2H3. The topological polar surface area (TPSA) is 82.5 Å². The van der Waals surface area contributed by atoms with Crippen LogP contribution in [0.15, 0.2) is 6.20 Å². The van der Waals surface area contributed by atoms with Crippen molar-refractivity contribution in [2.45, 2.75) is 13.8 Å². The molecule has 2 aromatic rings. The first kappa shape index (κ1) is 12.1. The molecular weight excluding hydrogens is 335 g/mol. The minimum absolute atomic E-state index is 0.314. The predicted octanol–water partition coefficient (Wildman–Crippen LogP) is 1.40. The molecule has 90 valence electrons. The number of nitrogen functional groups attached to an aromatic ring is 1. The van der Waals surface area contributed by atoms with E-state index >= 15 is 0 Å². The van der Waals surface area contributed by atoms with Crippen molar-refractivity contribution in [3.63, 3.8) is 0 Å². The summed E-state index contributed by atoms with van der Waals surface area (Å²) in [5.74, 6) is 0.265. The first-order chi connectivity index (χ1) is 8.06. The number of pyridine rings is 1. The van der Waals surface area contributed by atoms with Crippen LogP contribution in [-0.4, -0.2) is 27.2 Å². The van der Waals surface area contributed by atoms with Crippen LogP contribution in [-0.2, 0) is 4.74 Å². The van der Waals surface area contributed by atoms with Crippen molar-refractivity contribution in [1.82, 2.24) is 14.6 Å². The van der Waals surface area contributed by atoms with Gasteiger partial charge in [0, 0.05) is 6.20 Å². The Morgan fingerprint density at radius 3 is 2.94 bits per heavy atom. The molecular formula is C10H11IN4O2. The number of nitrogens with two attached hydrogens (primary N) is 1. The number of halogens is 1. The maximum absolute atomic E-state index is 11.7. The van der Waals surface area contributed by atoms with Gasteiger partial charge in [0.2, 0.25) is 0 Å². The lowest BCUT2D eigenvalue weighted by Gasteiger charge is -2.08. The van der Waals surface area contributed by atoms with Gasteiger partial charge in [-0.3, -0.25) is 4.40 Å². The second-order valence-electron chi connectivity index (χ2n) is 3.43. The number of ether oxygens (including phenoxy) is 1. The molecule has 0 aliphatic rings. The van der Waals surface area contributed by atoms with Crippen LogP contribution in [0.1, 0.15) is 23.1 Å². The van der Waals surface area contributed by atoms with E-state index in [9.17, 15) is 4.79 Å². The summed E-state index contributed by atoms with van der Waals surface area (Å²) >= 11 is 2.05. The van der Waals surface area contributed by atoms with Crippen LogP contribution >= 0.6 is 22.6 Å². The Bertz CT molecular complexity index is 593. The summed E-state index contributed by atoms with van der Waals surface area (Å²) in [5, 5.41) is 7.94. The average molecular weight is 346 g/mol. The zero-order valence-corrected chi connectivity index (χ0v) is 11.6. The Morgan fingerprint density at radius 2 is 2.29 bits per heavy atom. The van der Waals surface area contributed by atoms with Gasteiger partial charge >= 0.3 is 5.97 Å². The third-order valence-electron chi connectivity index (χ3n) is 2.34. The zero-order valence-electron chi connectivity index (χ0n) is 9.40. The number of anilines is 1. The third kappa shape index (κ3) is 1.94. The molecule has 0 aromatic carbocycles. The van der Waals surface area contributed by atoms with E-state index in [1.807, 2.05) is 22.6 Å². The van der Waals surface area contributed by atoms with Crippen LogP contribution in [0.3, 0.4) is 0 Å². The molecule has 2 rings (SSSR count). The fraction of sp³-hybridized carbons (Fsp3) is 0.300. The molecule has 0 spiro atoms. The van der Waals surface area contributed by atoms with E-state index in [0.717, 1.165) is 0 Å². The normalized spacial score (nSPS) is 10.8. The molecule has 0 saturated heterocycles. The lowest BCUT2D eigenvalue weighted by molar-refractivity contribution is 0.0527. The zero-order chi connectivity index (χ0) is 12.6. The van der Waals surface area contributed by atoms with Gasteiger partial charge in [0.05, 0.1) is 15.9 Å². The molecule has 2 N–H and O–H groups in total. The number of nitrogens with zero attached hydrogens (tertiary/aromatic N) is 3. The van der Waals surface area contributed by atoms with Gasteiger partial charge in [-0.25, -0.2) is 4.79 Å². The minimum Gasteiger partial charge on any atom is -0.462 e. The third-order valence-corrected chi connectivity index (χ3v) is 3.41. The van der Waals surface area contributed by atoms with E-state index in [0.29, 0.717) is 32.9 Å². The highest BCUT2D eigenvalue weighted by molar-refractivity contribution is 14.1. The summed E-state index contributed by atoms with van der Waals surface area (Å²) in [5.41, 5.74) is 7.26. The highest BCUT2D eigenvalue weighted by Crippen LogP contribution is 2.24. The number of rotatable bonds is 2. The summed E-state index contributed by atoms with van der Waals surface area (Å²) in [6.07, 6.45) is 1.61. The fourth-order valence-corrected chi connectivity index (χ4v) is 2.14. The molecule has 0 aliphatic carbocycles. The monoisotopic (exact) mass is 346 g/mol. The number of carbonyl (C=O) groups excluding carboxylic acids is 1. The first-order valence-electron chi connectivity index (χ1n) is 5.02. The number of hydrogen-bond donors (Lipinski definition) is 1. The smallest absolute Gasteiger partial charge is 0.341 e. The van der Waals surface area contributed by atoms with Crippen LogP contribution in [0, 0.1) is 10.5 Å². The van der Waals surface area contributed by atoms with E-state index in [1.165, 1.54) is 0 Å². The Hall–Kier alpha value is -1.38. The van der Waals surface area contributed by atoms with Gasteiger partial charge in [-0.05, 0) is 36.4 Å². The molecule has 2 heterocycles. The van der Waals surface area contributed by atoms with Gasteiger partial charge in [0.25, 0.3) is 0 Å². The van der Waals surface area contributed by atoms with Crippen molar-refractivity contribution in [2.75, 3.05) is 12.3 Å². The lowest BCUT2D eigenvalue weighted by Crippen LogP contribution is -2.11. The number of aromatic nitrogens is 3. The fourth-order valence-electron chi connectivity index (χ4n) is 1.48. The Kier molecular flexibility index (Phi) is 3.18. The first-order valence-corrected chi connectivity index (χ1v) is 6.10. The largest absolute Gasteiger partial charge is 0.462 e. The molecule has 2 aromatic heterocycles.